The predicted molar refractivity (Wildman–Crippen MR) is 130 cm³/mol. The molecule has 0 bridgehead atoms. The number of aliphatic carboxylic acids is 1. The molecule has 0 fully saturated rings. The van der Waals surface area contributed by atoms with Crippen molar-refractivity contribution in [2.45, 2.75) is 18.9 Å². The Morgan fingerprint density at radius 1 is 0.971 bits per heavy atom. The largest absolute Gasteiger partial charge is 0.480 e. The molecule has 9 heteroatoms. The molecule has 0 aliphatic heterocycles. The topological polar surface area (TPSA) is 105 Å². The fourth-order valence-corrected chi connectivity index (χ4v) is 4.48. The van der Waals surface area contributed by atoms with E-state index in [1.54, 1.807) is 0 Å². The van der Waals surface area contributed by atoms with Gasteiger partial charge in [-0.3, -0.25) is 14.9 Å². The molecule has 1 aliphatic rings. The quantitative estimate of drug-likeness (QED) is 0.412. The van der Waals surface area contributed by atoms with Gasteiger partial charge in [-0.15, -0.1) is 0 Å². The first-order valence-electron chi connectivity index (χ1n) is 10.4. The maximum Gasteiger partial charge on any atom is 0.411 e. The summed E-state index contributed by atoms with van der Waals surface area (Å²) in [5.41, 5.74) is 4.54. The van der Waals surface area contributed by atoms with Crippen molar-refractivity contribution in [3.63, 3.8) is 0 Å². The van der Waals surface area contributed by atoms with Gasteiger partial charge in [-0.05, 0) is 41.3 Å². The number of fused-ring (bicyclic) bond motifs is 3. The molecule has 2 amide bonds. The highest BCUT2D eigenvalue weighted by atomic mass is 35.5. The van der Waals surface area contributed by atoms with Crippen LogP contribution in [0.15, 0.2) is 60.7 Å². The van der Waals surface area contributed by atoms with Crippen molar-refractivity contribution in [3.05, 3.63) is 87.4 Å². The van der Waals surface area contributed by atoms with Crippen molar-refractivity contribution in [3.8, 4) is 11.1 Å². The van der Waals surface area contributed by atoms with Crippen LogP contribution >= 0.6 is 23.2 Å². The number of anilines is 1. The van der Waals surface area contributed by atoms with E-state index < -0.39 is 24.0 Å². The first kappa shape index (κ1) is 23.6. The molecule has 0 radical (unpaired) electrons. The zero-order valence-corrected chi connectivity index (χ0v) is 19.5. The number of carbonyl (C=O) groups excluding carboxylic acids is 2. The Kier molecular flexibility index (Phi) is 6.77. The number of hydrogen-bond donors (Lipinski definition) is 3. The molecular formula is C25H20Cl2N2O5. The van der Waals surface area contributed by atoms with Crippen molar-refractivity contribution >= 4 is 46.9 Å². The van der Waals surface area contributed by atoms with Crippen LogP contribution < -0.4 is 10.6 Å². The van der Waals surface area contributed by atoms with E-state index in [-0.39, 0.29) is 33.8 Å². The summed E-state index contributed by atoms with van der Waals surface area (Å²) in [5.74, 6) is -1.95. The van der Waals surface area contributed by atoms with Crippen LogP contribution in [0.2, 0.25) is 10.0 Å². The number of carbonyl (C=O) groups is 3. The summed E-state index contributed by atoms with van der Waals surface area (Å²) in [4.78, 5) is 35.7. The standard InChI is InChI=1S/C25H20Cl2N2O5/c1-13(24(31)32)28-23(30)14-10-20(26)22(21(27)11-14)29-25(33)34-12-19-17-8-4-2-6-15(17)16-7-3-5-9-18(16)19/h2-11,13,19H,12H2,1H3,(H,28,30)(H,29,33)(H,31,32). The van der Waals surface area contributed by atoms with Gasteiger partial charge in [-0.25, -0.2) is 4.79 Å². The van der Waals surface area contributed by atoms with Gasteiger partial charge in [-0.2, -0.15) is 0 Å². The summed E-state index contributed by atoms with van der Waals surface area (Å²) in [5, 5.41) is 13.8. The highest BCUT2D eigenvalue weighted by molar-refractivity contribution is 6.40. The summed E-state index contributed by atoms with van der Waals surface area (Å²) in [6, 6.07) is 17.5. The third-order valence-corrected chi connectivity index (χ3v) is 6.19. The fourth-order valence-electron chi connectivity index (χ4n) is 3.90. The summed E-state index contributed by atoms with van der Waals surface area (Å²) < 4.78 is 5.50. The summed E-state index contributed by atoms with van der Waals surface area (Å²) in [6.07, 6.45) is -0.748. The maximum atomic E-state index is 12.5. The van der Waals surface area contributed by atoms with Gasteiger partial charge >= 0.3 is 12.1 Å². The van der Waals surface area contributed by atoms with Crippen LogP contribution in [0, 0.1) is 0 Å². The van der Waals surface area contributed by atoms with Crippen LogP contribution in [0.3, 0.4) is 0 Å². The van der Waals surface area contributed by atoms with Crippen LogP contribution in [-0.2, 0) is 9.53 Å². The summed E-state index contributed by atoms with van der Waals surface area (Å²) in [7, 11) is 0. The van der Waals surface area contributed by atoms with E-state index in [2.05, 4.69) is 10.6 Å². The highest BCUT2D eigenvalue weighted by Crippen LogP contribution is 2.44. The van der Waals surface area contributed by atoms with Gasteiger partial charge in [0.25, 0.3) is 5.91 Å². The monoisotopic (exact) mass is 498 g/mol. The molecule has 0 spiro atoms. The Labute approximate surface area is 205 Å². The average molecular weight is 499 g/mol. The normalized spacial score (nSPS) is 12.9. The molecule has 3 N–H and O–H groups in total. The molecule has 7 nitrogen and oxygen atoms in total. The molecule has 34 heavy (non-hydrogen) atoms. The van der Waals surface area contributed by atoms with Gasteiger partial charge in [-0.1, -0.05) is 71.7 Å². The van der Waals surface area contributed by atoms with E-state index in [1.165, 1.54) is 19.1 Å². The molecule has 1 unspecified atom stereocenters. The second-order valence-corrected chi connectivity index (χ2v) is 8.61. The highest BCUT2D eigenvalue weighted by Gasteiger charge is 2.29. The van der Waals surface area contributed by atoms with Crippen LogP contribution in [0.4, 0.5) is 10.5 Å². The summed E-state index contributed by atoms with van der Waals surface area (Å²) in [6.45, 7) is 1.44. The first-order valence-corrected chi connectivity index (χ1v) is 11.2. The maximum absolute atomic E-state index is 12.5. The lowest BCUT2D eigenvalue weighted by Gasteiger charge is -2.16. The smallest absolute Gasteiger partial charge is 0.411 e. The van der Waals surface area contributed by atoms with Crippen LogP contribution in [-0.4, -0.2) is 35.7 Å². The van der Waals surface area contributed by atoms with Crippen molar-refractivity contribution in [2.24, 2.45) is 0 Å². The fraction of sp³-hybridized carbons (Fsp3) is 0.160. The molecule has 1 aliphatic carbocycles. The zero-order chi connectivity index (χ0) is 24.4. The number of carboxylic acid groups (broad SMARTS) is 1. The van der Waals surface area contributed by atoms with Gasteiger partial charge in [0.15, 0.2) is 0 Å². The van der Waals surface area contributed by atoms with E-state index >= 15 is 0 Å². The number of nitrogens with one attached hydrogen (secondary N) is 2. The van der Waals surface area contributed by atoms with Crippen molar-refractivity contribution < 1.29 is 24.2 Å². The molecule has 0 saturated heterocycles. The number of amides is 2. The van der Waals surface area contributed by atoms with Crippen LogP contribution in [0.1, 0.15) is 34.3 Å². The molecule has 0 saturated carbocycles. The Bertz CT molecular complexity index is 1230. The van der Waals surface area contributed by atoms with E-state index in [0.717, 1.165) is 22.3 Å². The van der Waals surface area contributed by atoms with Gasteiger partial charge in [0.1, 0.15) is 12.6 Å². The molecule has 4 rings (SSSR count). The van der Waals surface area contributed by atoms with Crippen molar-refractivity contribution in [1.29, 1.82) is 0 Å². The molecule has 0 heterocycles. The summed E-state index contributed by atoms with van der Waals surface area (Å²) >= 11 is 12.5. The van der Waals surface area contributed by atoms with E-state index in [0.29, 0.717) is 0 Å². The number of rotatable bonds is 6. The molecule has 1 atom stereocenters. The number of carboxylic acids is 1. The number of benzene rings is 3. The Morgan fingerprint density at radius 2 is 1.50 bits per heavy atom. The zero-order valence-electron chi connectivity index (χ0n) is 18.0. The molecule has 0 aromatic heterocycles. The number of hydrogen-bond acceptors (Lipinski definition) is 4. The van der Waals surface area contributed by atoms with Crippen LogP contribution in [0.5, 0.6) is 0 Å². The molecular weight excluding hydrogens is 479 g/mol. The first-order chi connectivity index (χ1) is 16.3. The minimum Gasteiger partial charge on any atom is -0.480 e. The van der Waals surface area contributed by atoms with E-state index in [1.807, 2.05) is 48.5 Å². The molecule has 174 valence electrons. The van der Waals surface area contributed by atoms with E-state index in [4.69, 9.17) is 33.0 Å². The minimum atomic E-state index is -1.18. The average Bonchev–Trinajstić information content (AvgIpc) is 3.13. The van der Waals surface area contributed by atoms with Gasteiger partial charge < -0.3 is 15.2 Å². The minimum absolute atomic E-state index is 0.00846. The lowest BCUT2D eigenvalue weighted by atomic mass is 9.98. The Balaban J connectivity index is 1.45. The van der Waals surface area contributed by atoms with Gasteiger partial charge in [0.05, 0.1) is 15.7 Å². The lowest BCUT2D eigenvalue weighted by molar-refractivity contribution is -0.138. The second kappa shape index (κ2) is 9.75. The van der Waals surface area contributed by atoms with Gasteiger partial charge in [0, 0.05) is 11.5 Å². The number of ether oxygens (including phenoxy) is 1. The molecule has 3 aromatic carbocycles. The van der Waals surface area contributed by atoms with E-state index in [9.17, 15) is 14.4 Å². The van der Waals surface area contributed by atoms with Crippen molar-refractivity contribution in [2.75, 3.05) is 11.9 Å². The molecule has 3 aromatic rings. The van der Waals surface area contributed by atoms with Crippen LogP contribution in [0.25, 0.3) is 11.1 Å². The second-order valence-electron chi connectivity index (χ2n) is 7.80. The lowest BCUT2D eigenvalue weighted by Crippen LogP contribution is -2.38. The predicted octanol–water partition coefficient (Wildman–Crippen LogP) is 5.56. The van der Waals surface area contributed by atoms with Gasteiger partial charge in [0.2, 0.25) is 0 Å². The number of halogens is 2. The SMILES string of the molecule is CC(NC(=O)c1cc(Cl)c(NC(=O)OCC2c3ccccc3-c3ccccc32)c(Cl)c1)C(=O)O. The Hall–Kier alpha value is -3.55. The third kappa shape index (κ3) is 4.71. The third-order valence-electron chi connectivity index (χ3n) is 5.59. The Morgan fingerprint density at radius 3 is 2.03 bits per heavy atom. The van der Waals surface area contributed by atoms with Crippen molar-refractivity contribution in [1.82, 2.24) is 5.32 Å².